The van der Waals surface area contributed by atoms with Crippen molar-refractivity contribution in [2.75, 3.05) is 26.2 Å². The third kappa shape index (κ3) is 4.48. The monoisotopic (exact) mass is 334 g/mol. The molecule has 3 unspecified atom stereocenters. The summed E-state index contributed by atoms with van der Waals surface area (Å²) in [6, 6.07) is 7.88. The number of hydrogen-bond acceptors (Lipinski definition) is 2. The van der Waals surface area contributed by atoms with Gasteiger partial charge in [0.2, 0.25) is 5.91 Å². The first kappa shape index (κ1) is 16.8. The minimum Gasteiger partial charge on any atom is -0.356 e. The first-order chi connectivity index (χ1) is 11.1. The number of likely N-dealkylation sites (tertiary alicyclic amines) is 1. The van der Waals surface area contributed by atoms with Crippen LogP contribution < -0.4 is 5.32 Å². The second-order valence-electron chi connectivity index (χ2n) is 7.18. The average Bonchev–Trinajstić information content (AvgIpc) is 3.34. The van der Waals surface area contributed by atoms with Gasteiger partial charge < -0.3 is 10.2 Å². The molecule has 3 atom stereocenters. The molecule has 0 spiro atoms. The van der Waals surface area contributed by atoms with E-state index < -0.39 is 0 Å². The molecule has 126 valence electrons. The minimum atomic E-state index is 0.108. The smallest absolute Gasteiger partial charge is 0.223 e. The van der Waals surface area contributed by atoms with Crippen LogP contribution in [0.4, 0.5) is 0 Å². The zero-order chi connectivity index (χ0) is 16.2. The van der Waals surface area contributed by atoms with Gasteiger partial charge in [0.05, 0.1) is 0 Å². The highest BCUT2D eigenvalue weighted by atomic mass is 35.5. The van der Waals surface area contributed by atoms with Crippen molar-refractivity contribution in [2.45, 2.75) is 38.5 Å². The number of carbonyl (C=O) groups excluding carboxylic acids is 1. The zero-order valence-electron chi connectivity index (χ0n) is 13.9. The van der Waals surface area contributed by atoms with Gasteiger partial charge in [-0.3, -0.25) is 4.79 Å². The molecule has 3 nitrogen and oxygen atoms in total. The summed E-state index contributed by atoms with van der Waals surface area (Å²) in [7, 11) is 0. The highest BCUT2D eigenvalue weighted by Gasteiger charge is 2.44. The highest BCUT2D eigenvalue weighted by Crippen LogP contribution is 2.49. The van der Waals surface area contributed by atoms with Crippen molar-refractivity contribution in [3.8, 4) is 0 Å². The van der Waals surface area contributed by atoms with Crippen LogP contribution in [0.25, 0.3) is 0 Å². The summed E-state index contributed by atoms with van der Waals surface area (Å²) in [5.74, 6) is 1.12. The summed E-state index contributed by atoms with van der Waals surface area (Å²) >= 11 is 6.23. The van der Waals surface area contributed by atoms with Crippen molar-refractivity contribution in [1.82, 2.24) is 10.2 Å². The number of halogens is 1. The van der Waals surface area contributed by atoms with Crippen LogP contribution in [0.5, 0.6) is 0 Å². The molecule has 1 heterocycles. The van der Waals surface area contributed by atoms with Crippen molar-refractivity contribution < 1.29 is 4.79 Å². The van der Waals surface area contributed by atoms with E-state index in [0.717, 1.165) is 30.1 Å². The topological polar surface area (TPSA) is 32.3 Å². The Morgan fingerprint density at radius 3 is 2.78 bits per heavy atom. The van der Waals surface area contributed by atoms with E-state index >= 15 is 0 Å². The molecule has 23 heavy (non-hydrogen) atoms. The predicted octanol–water partition coefficient (Wildman–Crippen LogP) is 3.68. The normalized spacial score (nSPS) is 25.8. The average molecular weight is 335 g/mol. The van der Waals surface area contributed by atoms with Crippen LogP contribution in [-0.4, -0.2) is 37.0 Å². The van der Waals surface area contributed by atoms with E-state index in [1.807, 2.05) is 24.3 Å². The molecular weight excluding hydrogens is 308 g/mol. The molecule has 1 saturated carbocycles. The maximum absolute atomic E-state index is 12.3. The van der Waals surface area contributed by atoms with Crippen LogP contribution in [0.2, 0.25) is 5.02 Å². The number of hydrogen-bond donors (Lipinski definition) is 1. The summed E-state index contributed by atoms with van der Waals surface area (Å²) in [5.41, 5.74) is 1.12. The minimum absolute atomic E-state index is 0.108. The maximum atomic E-state index is 12.3. The number of carbonyl (C=O) groups is 1. The van der Waals surface area contributed by atoms with Crippen LogP contribution in [0.1, 0.15) is 44.1 Å². The zero-order valence-corrected chi connectivity index (χ0v) is 14.7. The van der Waals surface area contributed by atoms with E-state index in [1.54, 1.807) is 0 Å². The number of nitrogens with one attached hydrogen (secondary N) is 1. The number of nitrogens with zero attached hydrogens (tertiary/aromatic N) is 1. The molecule has 0 bridgehead atoms. The van der Waals surface area contributed by atoms with Gasteiger partial charge in [0.1, 0.15) is 0 Å². The molecule has 1 aliphatic heterocycles. The van der Waals surface area contributed by atoms with Gasteiger partial charge in [-0.2, -0.15) is 0 Å². The fourth-order valence-electron chi connectivity index (χ4n) is 3.66. The van der Waals surface area contributed by atoms with E-state index in [4.69, 9.17) is 11.6 Å². The summed E-state index contributed by atoms with van der Waals surface area (Å²) in [5, 5.41) is 3.93. The summed E-state index contributed by atoms with van der Waals surface area (Å²) in [6.07, 6.45) is 4.93. The highest BCUT2D eigenvalue weighted by molar-refractivity contribution is 6.31. The Labute approximate surface area is 144 Å². The third-order valence-corrected chi connectivity index (χ3v) is 5.42. The van der Waals surface area contributed by atoms with E-state index in [2.05, 4.69) is 17.1 Å². The lowest BCUT2D eigenvalue weighted by molar-refractivity contribution is -0.122. The lowest BCUT2D eigenvalue weighted by atomic mass is 10.1. The molecule has 4 heteroatoms. The second kappa shape index (κ2) is 7.67. The molecular formula is C19H27ClN2O. The van der Waals surface area contributed by atoms with Gasteiger partial charge in [0, 0.05) is 24.0 Å². The van der Waals surface area contributed by atoms with Gasteiger partial charge in [-0.15, -0.1) is 0 Å². The predicted molar refractivity (Wildman–Crippen MR) is 94.8 cm³/mol. The SMILES string of the molecule is CC(CNC(=O)C1CC1c1ccccc1Cl)CN1CCCCC1. The molecule has 1 amide bonds. The van der Waals surface area contributed by atoms with Gasteiger partial charge >= 0.3 is 0 Å². The van der Waals surface area contributed by atoms with Gasteiger partial charge in [0.25, 0.3) is 0 Å². The van der Waals surface area contributed by atoms with Crippen LogP contribution in [0.3, 0.4) is 0 Å². The van der Waals surface area contributed by atoms with Crippen molar-refractivity contribution in [3.63, 3.8) is 0 Å². The Hall–Kier alpha value is -1.06. The first-order valence-corrected chi connectivity index (χ1v) is 9.27. The van der Waals surface area contributed by atoms with Crippen molar-refractivity contribution in [1.29, 1.82) is 0 Å². The Bertz CT molecular complexity index is 542. The molecule has 0 aromatic heterocycles. The molecule has 0 radical (unpaired) electrons. The summed E-state index contributed by atoms with van der Waals surface area (Å²) in [6.45, 7) is 6.54. The first-order valence-electron chi connectivity index (χ1n) is 8.89. The Kier molecular flexibility index (Phi) is 5.60. The van der Waals surface area contributed by atoms with E-state index in [1.165, 1.54) is 32.4 Å². The van der Waals surface area contributed by atoms with Crippen molar-refractivity contribution in [2.24, 2.45) is 11.8 Å². The fraction of sp³-hybridized carbons (Fsp3) is 0.632. The molecule has 1 aromatic rings. The Balaban J connectivity index is 1.41. The van der Waals surface area contributed by atoms with E-state index in [9.17, 15) is 4.79 Å². The molecule has 2 aliphatic rings. The van der Waals surface area contributed by atoms with Crippen molar-refractivity contribution in [3.05, 3.63) is 34.9 Å². The molecule has 1 N–H and O–H groups in total. The Morgan fingerprint density at radius 1 is 1.30 bits per heavy atom. The van der Waals surface area contributed by atoms with E-state index in [0.29, 0.717) is 11.8 Å². The lowest BCUT2D eigenvalue weighted by Crippen LogP contribution is -2.38. The summed E-state index contributed by atoms with van der Waals surface area (Å²) < 4.78 is 0. The lowest BCUT2D eigenvalue weighted by Gasteiger charge is -2.29. The van der Waals surface area contributed by atoms with Crippen LogP contribution in [-0.2, 0) is 4.79 Å². The van der Waals surface area contributed by atoms with Crippen LogP contribution in [0.15, 0.2) is 24.3 Å². The van der Waals surface area contributed by atoms with Crippen LogP contribution >= 0.6 is 11.6 Å². The van der Waals surface area contributed by atoms with E-state index in [-0.39, 0.29) is 11.8 Å². The standard InChI is InChI=1S/C19H27ClN2O/c1-14(13-22-9-5-2-6-10-22)12-21-19(23)17-11-16(17)15-7-3-4-8-18(15)20/h3-4,7-8,14,16-17H,2,5-6,9-13H2,1H3,(H,21,23). The molecule has 1 aromatic carbocycles. The van der Waals surface area contributed by atoms with Crippen molar-refractivity contribution >= 4 is 17.5 Å². The maximum Gasteiger partial charge on any atom is 0.223 e. The molecule has 2 fully saturated rings. The van der Waals surface area contributed by atoms with Gasteiger partial charge in [-0.05, 0) is 55.8 Å². The Morgan fingerprint density at radius 2 is 2.04 bits per heavy atom. The quantitative estimate of drug-likeness (QED) is 0.860. The fourth-order valence-corrected chi connectivity index (χ4v) is 3.93. The molecule has 3 rings (SSSR count). The van der Waals surface area contributed by atoms with Gasteiger partial charge in [0.15, 0.2) is 0 Å². The number of benzene rings is 1. The van der Waals surface area contributed by atoms with Gasteiger partial charge in [-0.25, -0.2) is 0 Å². The molecule has 1 aliphatic carbocycles. The van der Waals surface area contributed by atoms with Gasteiger partial charge in [-0.1, -0.05) is 43.1 Å². The largest absolute Gasteiger partial charge is 0.356 e. The van der Waals surface area contributed by atoms with Crippen LogP contribution in [0, 0.1) is 11.8 Å². The number of amides is 1. The number of rotatable bonds is 6. The number of piperidine rings is 1. The summed E-state index contributed by atoms with van der Waals surface area (Å²) in [4.78, 5) is 14.9. The second-order valence-corrected chi connectivity index (χ2v) is 7.59. The molecule has 1 saturated heterocycles. The third-order valence-electron chi connectivity index (χ3n) is 5.08.